The number of rotatable bonds is 4. The summed E-state index contributed by atoms with van der Waals surface area (Å²) in [5.41, 5.74) is 5.58. The molecule has 4 aromatic rings. The van der Waals surface area contributed by atoms with E-state index in [0.29, 0.717) is 22.4 Å². The van der Waals surface area contributed by atoms with E-state index in [1.165, 1.54) is 13.8 Å². The van der Waals surface area contributed by atoms with Gasteiger partial charge in [0.25, 0.3) is 0 Å². The van der Waals surface area contributed by atoms with Crippen molar-refractivity contribution in [3.05, 3.63) is 58.9 Å². The van der Waals surface area contributed by atoms with Gasteiger partial charge in [-0.1, -0.05) is 32.9 Å². The van der Waals surface area contributed by atoms with Crippen molar-refractivity contribution in [3.63, 3.8) is 0 Å². The molecule has 0 saturated carbocycles. The Morgan fingerprint density at radius 1 is 1.04 bits per heavy atom. The molecule has 3 nitrogen and oxygen atoms in total. The van der Waals surface area contributed by atoms with Crippen LogP contribution in [-0.2, 0) is 26.2 Å². The van der Waals surface area contributed by atoms with Crippen LogP contribution in [0.2, 0.25) is 0 Å². The highest BCUT2D eigenvalue weighted by Crippen LogP contribution is 2.36. The van der Waals surface area contributed by atoms with Crippen LogP contribution in [0.15, 0.2) is 40.9 Å². The fourth-order valence-corrected chi connectivity index (χ4v) is 3.68. The lowest BCUT2D eigenvalue weighted by Crippen LogP contribution is -2.32. The van der Waals surface area contributed by atoms with Gasteiger partial charge in [0.15, 0.2) is 11.8 Å². The Balaban J connectivity index is 2.08. The van der Waals surface area contributed by atoms with Crippen LogP contribution >= 0.6 is 0 Å². The number of aromatic nitrogens is 2. The molecule has 138 valence electrons. The summed E-state index contributed by atoms with van der Waals surface area (Å²) < 4.78 is 41.2. The number of fused-ring (bicyclic) bond motifs is 3. The molecule has 0 aliphatic rings. The second-order valence-electron chi connectivity index (χ2n) is 6.84. The summed E-state index contributed by atoms with van der Waals surface area (Å²) in [5, 5.41) is 1.91. The molecule has 0 fully saturated rings. The molecule has 1 aromatic carbocycles. The minimum Gasteiger partial charge on any atom is -0.437 e. The molecule has 3 aromatic heterocycles. The molecule has 0 unspecified atom stereocenters. The zero-order valence-corrected chi connectivity index (χ0v) is 16.5. The first-order valence-electron chi connectivity index (χ1n) is 11.3. The Hall–Kier alpha value is -2.68. The molecular weight excluding hydrogens is 332 g/mol. The van der Waals surface area contributed by atoms with E-state index in [0.717, 1.165) is 39.7 Å². The SMILES string of the molecule is [2H]C([2H])(C)c1cc(-c2c(C)ccc3c2oc2nc(CC)ccc23)[n+](C)cc1C([2H])([2H])C. The predicted octanol–water partition coefficient (Wildman–Crippen LogP) is 5.47. The molecule has 0 radical (unpaired) electrons. The number of hydrogen-bond acceptors (Lipinski definition) is 2. The smallest absolute Gasteiger partial charge is 0.227 e. The second-order valence-corrected chi connectivity index (χ2v) is 6.84. The Morgan fingerprint density at radius 3 is 2.48 bits per heavy atom. The van der Waals surface area contributed by atoms with Crippen LogP contribution in [0.4, 0.5) is 0 Å². The second kappa shape index (κ2) is 6.80. The van der Waals surface area contributed by atoms with E-state index in [2.05, 4.69) is 11.9 Å². The average molecular weight is 364 g/mol. The van der Waals surface area contributed by atoms with Crippen molar-refractivity contribution in [2.45, 2.75) is 46.9 Å². The first kappa shape index (κ1) is 13.5. The Morgan fingerprint density at radius 2 is 1.78 bits per heavy atom. The maximum Gasteiger partial charge on any atom is 0.227 e. The lowest BCUT2D eigenvalue weighted by molar-refractivity contribution is -0.660. The molecule has 0 bridgehead atoms. The Kier molecular flexibility index (Phi) is 3.40. The standard InChI is InChI=1S/C24H27N2O/c1-6-16-13-21(26(5)14-17(16)7-2)22-15(4)9-11-19-20-12-10-18(8-3)25-24(20)27-23(19)22/h9-14H,6-8H2,1-5H3/q+1/i6D2,7D2. The average Bonchev–Trinajstić information content (AvgIpc) is 3.04. The molecule has 3 heterocycles. The van der Waals surface area contributed by atoms with Crippen LogP contribution in [0.1, 0.15) is 48.6 Å². The van der Waals surface area contributed by atoms with E-state index >= 15 is 0 Å². The summed E-state index contributed by atoms with van der Waals surface area (Å²) >= 11 is 0. The number of furan rings is 1. The van der Waals surface area contributed by atoms with Crippen LogP contribution in [0.3, 0.4) is 0 Å². The number of benzene rings is 1. The minimum atomic E-state index is -1.70. The lowest BCUT2D eigenvalue weighted by Gasteiger charge is -2.10. The third-order valence-electron chi connectivity index (χ3n) is 5.20. The van der Waals surface area contributed by atoms with Crippen molar-refractivity contribution < 1.29 is 14.5 Å². The fourth-order valence-electron chi connectivity index (χ4n) is 3.68. The zero-order valence-electron chi connectivity index (χ0n) is 20.5. The number of nitrogens with zero attached hydrogens (tertiary/aromatic N) is 2. The fraction of sp³-hybridized carbons (Fsp3) is 0.333. The zero-order chi connectivity index (χ0) is 22.7. The molecule has 0 atom stereocenters. The summed E-state index contributed by atoms with van der Waals surface area (Å²) in [6.07, 6.45) is -0.853. The van der Waals surface area contributed by atoms with Crippen molar-refractivity contribution in [3.8, 4) is 11.3 Å². The summed E-state index contributed by atoms with van der Waals surface area (Å²) in [5.74, 6) is 0. The highest BCUT2D eigenvalue weighted by atomic mass is 16.3. The molecule has 0 aliphatic heterocycles. The van der Waals surface area contributed by atoms with E-state index < -0.39 is 12.7 Å². The van der Waals surface area contributed by atoms with Crippen molar-refractivity contribution >= 4 is 22.1 Å². The molecule has 27 heavy (non-hydrogen) atoms. The van der Waals surface area contributed by atoms with Crippen molar-refractivity contribution in [1.29, 1.82) is 0 Å². The van der Waals surface area contributed by atoms with E-state index in [1.54, 1.807) is 12.3 Å². The highest BCUT2D eigenvalue weighted by molar-refractivity contribution is 6.08. The third kappa shape index (κ3) is 2.82. The Bertz CT molecular complexity index is 1310. The number of aryl methyl sites for hydroxylation is 5. The molecule has 0 N–H and O–H groups in total. The van der Waals surface area contributed by atoms with E-state index in [1.807, 2.05) is 42.8 Å². The topological polar surface area (TPSA) is 29.9 Å². The monoisotopic (exact) mass is 363 g/mol. The van der Waals surface area contributed by atoms with Crippen LogP contribution < -0.4 is 4.57 Å². The van der Waals surface area contributed by atoms with Crippen LogP contribution in [0.5, 0.6) is 0 Å². The maximum absolute atomic E-state index is 8.33. The summed E-state index contributed by atoms with van der Waals surface area (Å²) in [6, 6.07) is 9.88. The van der Waals surface area contributed by atoms with Gasteiger partial charge < -0.3 is 4.42 Å². The first-order chi connectivity index (χ1) is 14.4. The Labute approximate surface area is 166 Å². The minimum absolute atomic E-state index is 0.340. The molecular formula is C24H27N2O+. The van der Waals surface area contributed by atoms with Crippen molar-refractivity contribution in [2.24, 2.45) is 7.05 Å². The summed E-state index contributed by atoms with van der Waals surface area (Å²) in [6.45, 7) is 6.98. The molecule has 3 heteroatoms. The van der Waals surface area contributed by atoms with Crippen molar-refractivity contribution in [1.82, 2.24) is 4.98 Å². The maximum atomic E-state index is 8.33. The van der Waals surface area contributed by atoms with E-state index in [-0.39, 0.29) is 0 Å². The molecule has 0 aliphatic carbocycles. The quantitative estimate of drug-likeness (QED) is 0.450. The van der Waals surface area contributed by atoms with Gasteiger partial charge in [0, 0.05) is 33.6 Å². The molecule has 0 amide bonds. The largest absolute Gasteiger partial charge is 0.437 e. The summed E-state index contributed by atoms with van der Waals surface area (Å²) in [4.78, 5) is 4.64. The van der Waals surface area contributed by atoms with Gasteiger partial charge in [-0.2, -0.15) is 0 Å². The van der Waals surface area contributed by atoms with Gasteiger partial charge in [-0.15, -0.1) is 0 Å². The highest BCUT2D eigenvalue weighted by Gasteiger charge is 2.22. The molecule has 0 saturated heterocycles. The van der Waals surface area contributed by atoms with Gasteiger partial charge in [-0.25, -0.2) is 9.55 Å². The first-order valence-corrected chi connectivity index (χ1v) is 9.28. The van der Waals surface area contributed by atoms with Gasteiger partial charge in [0.05, 0.1) is 5.56 Å². The van der Waals surface area contributed by atoms with Gasteiger partial charge in [0.1, 0.15) is 7.05 Å². The van der Waals surface area contributed by atoms with Crippen LogP contribution in [0.25, 0.3) is 33.3 Å². The van der Waals surface area contributed by atoms with Crippen molar-refractivity contribution in [2.75, 3.05) is 0 Å². The third-order valence-corrected chi connectivity index (χ3v) is 5.20. The van der Waals surface area contributed by atoms with Gasteiger partial charge >= 0.3 is 0 Å². The normalized spacial score (nSPS) is 14.9. The van der Waals surface area contributed by atoms with Crippen LogP contribution in [-0.4, -0.2) is 4.98 Å². The van der Waals surface area contributed by atoms with E-state index in [4.69, 9.17) is 9.90 Å². The predicted molar refractivity (Wildman–Crippen MR) is 111 cm³/mol. The molecule has 0 spiro atoms. The number of pyridine rings is 2. The van der Waals surface area contributed by atoms with Crippen LogP contribution in [0, 0.1) is 6.92 Å². The number of hydrogen-bond donors (Lipinski definition) is 0. The van der Waals surface area contributed by atoms with E-state index in [9.17, 15) is 0 Å². The van der Waals surface area contributed by atoms with Gasteiger partial charge in [0.2, 0.25) is 11.4 Å². The lowest BCUT2D eigenvalue weighted by atomic mass is 9.97. The van der Waals surface area contributed by atoms with Gasteiger partial charge in [-0.05, 0) is 49.4 Å². The molecule has 4 rings (SSSR count). The summed E-state index contributed by atoms with van der Waals surface area (Å²) in [7, 11) is 1.86. The van der Waals surface area contributed by atoms with Gasteiger partial charge in [-0.3, -0.25) is 0 Å².